The van der Waals surface area contributed by atoms with E-state index in [9.17, 15) is 9.18 Å². The van der Waals surface area contributed by atoms with Gasteiger partial charge in [0.2, 0.25) is 0 Å². The maximum absolute atomic E-state index is 13.7. The zero-order valence-electron chi connectivity index (χ0n) is 11.4. The van der Waals surface area contributed by atoms with E-state index in [1.807, 2.05) is 18.2 Å². The van der Waals surface area contributed by atoms with Crippen LogP contribution in [0.25, 0.3) is 10.9 Å². The van der Waals surface area contributed by atoms with E-state index in [0.29, 0.717) is 10.2 Å². The molecule has 0 saturated carbocycles. The molecule has 2 N–H and O–H groups in total. The van der Waals surface area contributed by atoms with Crippen LogP contribution in [-0.2, 0) is 4.79 Å². The molecule has 0 bridgehead atoms. The fourth-order valence-corrected chi connectivity index (χ4v) is 2.44. The second-order valence-corrected chi connectivity index (χ2v) is 5.57. The van der Waals surface area contributed by atoms with E-state index >= 15 is 0 Å². The Morgan fingerprint density at radius 1 is 1.27 bits per heavy atom. The van der Waals surface area contributed by atoms with Gasteiger partial charge in [0.05, 0.1) is 5.69 Å². The molecule has 0 radical (unpaired) electrons. The predicted octanol–water partition coefficient (Wildman–Crippen LogP) is 4.09. The first kappa shape index (κ1) is 14.6. The van der Waals surface area contributed by atoms with Crippen molar-refractivity contribution in [2.24, 2.45) is 0 Å². The van der Waals surface area contributed by atoms with Crippen LogP contribution in [0.5, 0.6) is 5.75 Å². The molecule has 0 aliphatic heterocycles. The minimum atomic E-state index is -0.504. The summed E-state index contributed by atoms with van der Waals surface area (Å²) in [5.74, 6) is -0.325. The van der Waals surface area contributed by atoms with Crippen LogP contribution in [0.4, 0.5) is 10.1 Å². The summed E-state index contributed by atoms with van der Waals surface area (Å²) in [7, 11) is 0. The lowest BCUT2D eigenvalue weighted by Crippen LogP contribution is -2.20. The summed E-state index contributed by atoms with van der Waals surface area (Å²) in [4.78, 5) is 14.9. The summed E-state index contributed by atoms with van der Waals surface area (Å²) in [6, 6.07) is 11.8. The highest BCUT2D eigenvalue weighted by molar-refractivity contribution is 9.10. The Morgan fingerprint density at radius 3 is 2.95 bits per heavy atom. The lowest BCUT2D eigenvalue weighted by atomic mass is 10.2. The van der Waals surface area contributed by atoms with Gasteiger partial charge in [-0.25, -0.2) is 4.39 Å². The van der Waals surface area contributed by atoms with Crippen LogP contribution in [-0.4, -0.2) is 17.5 Å². The largest absolute Gasteiger partial charge is 0.483 e. The van der Waals surface area contributed by atoms with Crippen LogP contribution in [0.1, 0.15) is 0 Å². The average molecular weight is 363 g/mol. The van der Waals surface area contributed by atoms with Crippen LogP contribution >= 0.6 is 15.9 Å². The zero-order chi connectivity index (χ0) is 15.5. The number of nitrogens with one attached hydrogen (secondary N) is 2. The monoisotopic (exact) mass is 362 g/mol. The van der Waals surface area contributed by atoms with Gasteiger partial charge in [0.1, 0.15) is 11.6 Å². The van der Waals surface area contributed by atoms with Gasteiger partial charge >= 0.3 is 0 Å². The summed E-state index contributed by atoms with van der Waals surface area (Å²) in [6.07, 6.45) is 1.80. The van der Waals surface area contributed by atoms with Gasteiger partial charge in [-0.05, 0) is 36.4 Å². The molecule has 0 fully saturated rings. The molecule has 1 amide bonds. The molecule has 0 spiro atoms. The summed E-state index contributed by atoms with van der Waals surface area (Å²) in [6.45, 7) is -0.195. The highest BCUT2D eigenvalue weighted by atomic mass is 79.9. The Balaban J connectivity index is 1.66. The van der Waals surface area contributed by atoms with Crippen molar-refractivity contribution in [1.29, 1.82) is 0 Å². The van der Waals surface area contributed by atoms with Crippen LogP contribution in [0.2, 0.25) is 0 Å². The van der Waals surface area contributed by atoms with E-state index in [0.717, 1.165) is 10.9 Å². The van der Waals surface area contributed by atoms with Crippen LogP contribution in [0.3, 0.4) is 0 Å². The molecule has 1 heterocycles. The van der Waals surface area contributed by atoms with Crippen molar-refractivity contribution in [3.63, 3.8) is 0 Å². The molecule has 112 valence electrons. The van der Waals surface area contributed by atoms with Gasteiger partial charge in [-0.2, -0.15) is 0 Å². The fraction of sp³-hybridized carbons (Fsp3) is 0.0625. The third-order valence-electron chi connectivity index (χ3n) is 3.12. The van der Waals surface area contributed by atoms with Gasteiger partial charge in [-0.1, -0.05) is 22.0 Å². The maximum atomic E-state index is 13.7. The highest BCUT2D eigenvalue weighted by Gasteiger charge is 2.09. The molecule has 4 nitrogen and oxygen atoms in total. The molecule has 2 aromatic carbocycles. The molecule has 1 aromatic heterocycles. The van der Waals surface area contributed by atoms with Crippen molar-refractivity contribution in [2.45, 2.75) is 0 Å². The molecule has 0 unspecified atom stereocenters. The van der Waals surface area contributed by atoms with E-state index in [1.54, 1.807) is 18.3 Å². The second kappa shape index (κ2) is 6.19. The summed E-state index contributed by atoms with van der Waals surface area (Å²) in [5, 5.41) is 3.38. The van der Waals surface area contributed by atoms with E-state index < -0.39 is 11.7 Å². The van der Waals surface area contributed by atoms with Gasteiger partial charge < -0.3 is 15.0 Å². The van der Waals surface area contributed by atoms with Crippen LogP contribution in [0, 0.1) is 5.82 Å². The van der Waals surface area contributed by atoms with Crippen molar-refractivity contribution in [3.8, 4) is 5.75 Å². The van der Waals surface area contributed by atoms with E-state index in [4.69, 9.17) is 4.74 Å². The molecule has 0 atom stereocenters. The second-order valence-electron chi connectivity index (χ2n) is 4.66. The summed E-state index contributed by atoms with van der Waals surface area (Å²) >= 11 is 3.16. The van der Waals surface area contributed by atoms with Crippen molar-refractivity contribution in [1.82, 2.24) is 4.98 Å². The van der Waals surface area contributed by atoms with E-state index in [-0.39, 0.29) is 12.3 Å². The van der Waals surface area contributed by atoms with Gasteiger partial charge in [0, 0.05) is 21.6 Å². The highest BCUT2D eigenvalue weighted by Crippen LogP contribution is 2.24. The molecule has 6 heteroatoms. The first-order valence-corrected chi connectivity index (χ1v) is 7.36. The SMILES string of the molecule is O=C(COc1cccc2[nH]ccc12)Nc1ccc(Br)cc1F. The van der Waals surface area contributed by atoms with Crippen LogP contribution < -0.4 is 10.1 Å². The molecular weight excluding hydrogens is 351 g/mol. The Hall–Kier alpha value is -2.34. The fourth-order valence-electron chi connectivity index (χ4n) is 2.10. The van der Waals surface area contributed by atoms with Crippen molar-refractivity contribution in [3.05, 3.63) is 59.0 Å². The average Bonchev–Trinajstić information content (AvgIpc) is 2.97. The smallest absolute Gasteiger partial charge is 0.262 e. The number of aromatic amines is 1. The number of carbonyl (C=O) groups excluding carboxylic acids is 1. The maximum Gasteiger partial charge on any atom is 0.262 e. The number of amides is 1. The number of rotatable bonds is 4. The van der Waals surface area contributed by atoms with Crippen molar-refractivity contribution < 1.29 is 13.9 Å². The number of aromatic nitrogens is 1. The molecule has 0 aliphatic rings. The number of hydrogen-bond donors (Lipinski definition) is 2. The standard InChI is InChI=1S/C16H12BrFN2O2/c17-10-4-5-14(12(18)8-10)20-16(21)9-22-15-3-1-2-13-11(15)6-7-19-13/h1-8,19H,9H2,(H,20,21). The van der Waals surface area contributed by atoms with Gasteiger partial charge in [-0.3, -0.25) is 4.79 Å². The minimum Gasteiger partial charge on any atom is -0.483 e. The number of benzene rings is 2. The molecule has 0 saturated heterocycles. The van der Waals surface area contributed by atoms with Crippen LogP contribution in [0.15, 0.2) is 53.1 Å². The lowest BCUT2D eigenvalue weighted by molar-refractivity contribution is -0.118. The first-order chi connectivity index (χ1) is 10.6. The molecule has 3 rings (SSSR count). The molecule has 22 heavy (non-hydrogen) atoms. The zero-order valence-corrected chi connectivity index (χ0v) is 13.0. The van der Waals surface area contributed by atoms with Gasteiger partial charge in [0.15, 0.2) is 6.61 Å². The number of ether oxygens (including phenoxy) is 1. The molecule has 0 aliphatic carbocycles. The quantitative estimate of drug-likeness (QED) is 0.734. The number of halogens is 2. The van der Waals surface area contributed by atoms with Crippen molar-refractivity contribution in [2.75, 3.05) is 11.9 Å². The first-order valence-electron chi connectivity index (χ1n) is 6.57. The Labute approximate surface area is 134 Å². The Kier molecular flexibility index (Phi) is 4.11. The van der Waals surface area contributed by atoms with Crippen molar-refractivity contribution >= 4 is 38.4 Å². The van der Waals surface area contributed by atoms with E-state index in [2.05, 4.69) is 26.2 Å². The molecule has 3 aromatic rings. The normalized spacial score (nSPS) is 10.6. The number of fused-ring (bicyclic) bond motifs is 1. The third-order valence-corrected chi connectivity index (χ3v) is 3.61. The topological polar surface area (TPSA) is 54.1 Å². The van der Waals surface area contributed by atoms with Gasteiger partial charge in [0.25, 0.3) is 5.91 Å². The summed E-state index contributed by atoms with van der Waals surface area (Å²) in [5.41, 5.74) is 1.05. The number of anilines is 1. The third kappa shape index (κ3) is 3.12. The minimum absolute atomic E-state index is 0.122. The molecular formula is C16H12BrFN2O2. The van der Waals surface area contributed by atoms with E-state index in [1.165, 1.54) is 12.1 Å². The Bertz CT molecular complexity index is 832. The summed E-state index contributed by atoms with van der Waals surface area (Å²) < 4.78 is 19.8. The lowest BCUT2D eigenvalue weighted by Gasteiger charge is -2.09. The number of H-pyrrole nitrogens is 1. The number of carbonyl (C=O) groups is 1. The predicted molar refractivity (Wildman–Crippen MR) is 86.5 cm³/mol. The number of hydrogen-bond acceptors (Lipinski definition) is 2. The Morgan fingerprint density at radius 2 is 2.14 bits per heavy atom. The van der Waals surface area contributed by atoms with Gasteiger partial charge in [-0.15, -0.1) is 0 Å².